The number of aromatic nitrogens is 2. The lowest BCUT2D eigenvalue weighted by molar-refractivity contribution is 0.0976. The summed E-state index contributed by atoms with van der Waals surface area (Å²) < 4.78 is 1.39. The Morgan fingerprint density at radius 1 is 1.07 bits per heavy atom. The molecule has 3 aromatic rings. The van der Waals surface area contributed by atoms with E-state index in [0.717, 1.165) is 5.56 Å². The standard InChI is InChI=1S/C21H20N4O2S/c1-2-25-14-17(18(23-21(25)27)16-11-7-4-8-12-16)19(26)24-20(28)22-13-15-9-5-3-6-10-15/h3-12,14H,2,13H2,1H3,(H2,22,24,26,28). The third kappa shape index (κ3) is 4.69. The van der Waals surface area contributed by atoms with Crippen molar-refractivity contribution < 1.29 is 4.79 Å². The first-order valence-electron chi connectivity index (χ1n) is 8.88. The van der Waals surface area contributed by atoms with E-state index >= 15 is 0 Å². The van der Waals surface area contributed by atoms with Crippen molar-refractivity contribution in [3.63, 3.8) is 0 Å². The molecule has 0 saturated heterocycles. The molecule has 0 aliphatic carbocycles. The highest BCUT2D eigenvalue weighted by atomic mass is 32.1. The number of carbonyl (C=O) groups is 1. The van der Waals surface area contributed by atoms with Crippen molar-refractivity contribution in [2.45, 2.75) is 20.0 Å². The van der Waals surface area contributed by atoms with Crippen LogP contribution >= 0.6 is 12.2 Å². The van der Waals surface area contributed by atoms with Crippen LogP contribution in [0.5, 0.6) is 0 Å². The summed E-state index contributed by atoms with van der Waals surface area (Å²) in [7, 11) is 0. The molecule has 1 aromatic heterocycles. The van der Waals surface area contributed by atoms with E-state index in [4.69, 9.17) is 12.2 Å². The quantitative estimate of drug-likeness (QED) is 0.653. The van der Waals surface area contributed by atoms with Crippen LogP contribution in [0.15, 0.2) is 71.7 Å². The van der Waals surface area contributed by atoms with Crippen molar-refractivity contribution in [1.82, 2.24) is 20.2 Å². The molecular formula is C21H20N4O2S. The zero-order valence-electron chi connectivity index (χ0n) is 15.4. The smallest absolute Gasteiger partial charge is 0.348 e. The molecule has 0 fully saturated rings. The fraction of sp³-hybridized carbons (Fsp3) is 0.143. The van der Waals surface area contributed by atoms with Gasteiger partial charge in [-0.2, -0.15) is 4.98 Å². The molecule has 0 aliphatic rings. The number of aryl methyl sites for hydroxylation is 1. The van der Waals surface area contributed by atoms with Gasteiger partial charge in [-0.15, -0.1) is 0 Å². The number of hydrogen-bond acceptors (Lipinski definition) is 4. The summed E-state index contributed by atoms with van der Waals surface area (Å²) in [5, 5.41) is 5.89. The molecule has 142 valence electrons. The molecule has 1 amide bonds. The lowest BCUT2D eigenvalue weighted by Gasteiger charge is -2.13. The van der Waals surface area contributed by atoms with Gasteiger partial charge in [0.2, 0.25) is 0 Å². The predicted molar refractivity (Wildman–Crippen MR) is 113 cm³/mol. The number of nitrogens with one attached hydrogen (secondary N) is 2. The second-order valence-corrected chi connectivity index (χ2v) is 6.47. The topological polar surface area (TPSA) is 76.0 Å². The minimum absolute atomic E-state index is 0.210. The normalized spacial score (nSPS) is 10.3. The minimum Gasteiger partial charge on any atom is -0.358 e. The zero-order valence-corrected chi connectivity index (χ0v) is 16.2. The Morgan fingerprint density at radius 2 is 1.71 bits per heavy atom. The molecule has 0 atom stereocenters. The summed E-state index contributed by atoms with van der Waals surface area (Å²) in [6.45, 7) is 2.73. The van der Waals surface area contributed by atoms with Crippen LogP contribution in [0.1, 0.15) is 22.8 Å². The first-order chi connectivity index (χ1) is 13.6. The van der Waals surface area contributed by atoms with Gasteiger partial charge in [-0.05, 0) is 24.7 Å². The zero-order chi connectivity index (χ0) is 19.9. The van der Waals surface area contributed by atoms with Gasteiger partial charge >= 0.3 is 5.69 Å². The van der Waals surface area contributed by atoms with Gasteiger partial charge in [-0.1, -0.05) is 60.7 Å². The highest BCUT2D eigenvalue weighted by Crippen LogP contribution is 2.19. The van der Waals surface area contributed by atoms with Gasteiger partial charge in [0.15, 0.2) is 5.11 Å². The van der Waals surface area contributed by atoms with Crippen molar-refractivity contribution in [1.29, 1.82) is 0 Å². The van der Waals surface area contributed by atoms with Gasteiger partial charge in [-0.3, -0.25) is 14.7 Å². The van der Waals surface area contributed by atoms with Gasteiger partial charge in [-0.25, -0.2) is 4.79 Å². The molecule has 0 saturated carbocycles. The van der Waals surface area contributed by atoms with Crippen LogP contribution in [-0.4, -0.2) is 20.6 Å². The number of nitrogens with zero attached hydrogens (tertiary/aromatic N) is 2. The van der Waals surface area contributed by atoms with Crippen molar-refractivity contribution in [2.75, 3.05) is 0 Å². The van der Waals surface area contributed by atoms with Crippen LogP contribution < -0.4 is 16.3 Å². The van der Waals surface area contributed by atoms with Gasteiger partial charge in [0, 0.05) is 24.8 Å². The largest absolute Gasteiger partial charge is 0.358 e. The Bertz CT molecular complexity index is 1030. The first kappa shape index (κ1) is 19.4. The van der Waals surface area contributed by atoms with Gasteiger partial charge in [0.1, 0.15) is 0 Å². The predicted octanol–water partition coefficient (Wildman–Crippen LogP) is 2.73. The van der Waals surface area contributed by atoms with Gasteiger partial charge in [0.05, 0.1) is 11.3 Å². The Kier molecular flexibility index (Phi) is 6.29. The maximum Gasteiger partial charge on any atom is 0.348 e. The first-order valence-corrected chi connectivity index (χ1v) is 9.29. The highest BCUT2D eigenvalue weighted by Gasteiger charge is 2.18. The fourth-order valence-corrected chi connectivity index (χ4v) is 2.86. The van der Waals surface area contributed by atoms with Crippen LogP contribution in [0.4, 0.5) is 0 Å². The molecule has 2 aromatic carbocycles. The van der Waals surface area contributed by atoms with E-state index in [-0.39, 0.29) is 10.7 Å². The van der Waals surface area contributed by atoms with E-state index < -0.39 is 11.6 Å². The lowest BCUT2D eigenvalue weighted by Crippen LogP contribution is -2.40. The Morgan fingerprint density at radius 3 is 2.36 bits per heavy atom. The summed E-state index contributed by atoms with van der Waals surface area (Å²) >= 11 is 5.24. The fourth-order valence-electron chi connectivity index (χ4n) is 2.69. The number of hydrogen-bond donors (Lipinski definition) is 2. The lowest BCUT2D eigenvalue weighted by atomic mass is 10.1. The average molecular weight is 392 g/mol. The summed E-state index contributed by atoms with van der Waals surface area (Å²) in [6.07, 6.45) is 1.52. The molecular weight excluding hydrogens is 372 g/mol. The molecule has 0 aliphatic heterocycles. The summed E-state index contributed by atoms with van der Waals surface area (Å²) in [4.78, 5) is 29.1. The molecule has 0 unspecified atom stereocenters. The van der Waals surface area contributed by atoms with Crippen LogP contribution in [0.25, 0.3) is 11.3 Å². The maximum absolute atomic E-state index is 12.8. The van der Waals surface area contributed by atoms with E-state index in [0.29, 0.717) is 24.3 Å². The van der Waals surface area contributed by atoms with E-state index in [1.54, 1.807) is 12.1 Å². The van der Waals surface area contributed by atoms with Crippen molar-refractivity contribution in [3.8, 4) is 11.3 Å². The minimum atomic E-state index is -0.417. The van der Waals surface area contributed by atoms with Crippen molar-refractivity contribution in [3.05, 3.63) is 88.5 Å². The second kappa shape index (κ2) is 9.05. The van der Waals surface area contributed by atoms with E-state index in [1.807, 2.05) is 55.5 Å². The second-order valence-electron chi connectivity index (χ2n) is 6.06. The third-order valence-electron chi connectivity index (χ3n) is 4.15. The molecule has 3 rings (SSSR count). The molecule has 0 radical (unpaired) electrons. The Hall–Kier alpha value is -3.32. The summed E-state index contributed by atoms with van der Waals surface area (Å²) in [6, 6.07) is 18.9. The van der Waals surface area contributed by atoms with E-state index in [2.05, 4.69) is 15.6 Å². The molecule has 28 heavy (non-hydrogen) atoms. The Balaban J connectivity index is 1.82. The molecule has 0 bridgehead atoms. The van der Waals surface area contributed by atoms with Crippen LogP contribution in [-0.2, 0) is 13.1 Å². The van der Waals surface area contributed by atoms with Crippen molar-refractivity contribution in [2.24, 2.45) is 0 Å². The molecule has 7 heteroatoms. The average Bonchev–Trinajstić information content (AvgIpc) is 2.73. The SMILES string of the molecule is CCn1cc(C(=O)NC(=S)NCc2ccccc2)c(-c2ccccc2)nc1=O. The number of carbonyl (C=O) groups excluding carboxylic acids is 1. The van der Waals surface area contributed by atoms with Gasteiger partial charge in [0.25, 0.3) is 5.91 Å². The monoisotopic (exact) mass is 392 g/mol. The highest BCUT2D eigenvalue weighted by molar-refractivity contribution is 7.80. The van der Waals surface area contributed by atoms with E-state index in [1.165, 1.54) is 10.8 Å². The number of thiocarbonyl (C=S) groups is 1. The van der Waals surface area contributed by atoms with E-state index in [9.17, 15) is 9.59 Å². The third-order valence-corrected chi connectivity index (χ3v) is 4.40. The molecule has 2 N–H and O–H groups in total. The summed E-state index contributed by atoms with van der Waals surface area (Å²) in [5.74, 6) is -0.417. The van der Waals surface area contributed by atoms with Crippen LogP contribution in [0.3, 0.4) is 0 Å². The van der Waals surface area contributed by atoms with Crippen LogP contribution in [0.2, 0.25) is 0 Å². The van der Waals surface area contributed by atoms with Crippen LogP contribution in [0, 0.1) is 0 Å². The Labute approximate surface area is 168 Å². The van der Waals surface area contributed by atoms with Gasteiger partial charge < -0.3 is 5.32 Å². The molecule has 1 heterocycles. The molecule has 0 spiro atoms. The maximum atomic E-state index is 12.8. The number of amides is 1. The number of benzene rings is 2. The summed E-state index contributed by atoms with van der Waals surface area (Å²) in [5.41, 5.74) is 1.96. The number of rotatable bonds is 5. The van der Waals surface area contributed by atoms with Crippen molar-refractivity contribution >= 4 is 23.2 Å². The molecule has 6 nitrogen and oxygen atoms in total.